The molecule has 23 nitrogen and oxygen atoms in total. The summed E-state index contributed by atoms with van der Waals surface area (Å²) in [5, 5.41) is 32.5. The van der Waals surface area contributed by atoms with Crippen LogP contribution in [0.3, 0.4) is 0 Å². The van der Waals surface area contributed by atoms with Crippen molar-refractivity contribution >= 4 is 132 Å². The highest BCUT2D eigenvalue weighted by atomic mass is 32.2. The molecule has 7 heterocycles. The van der Waals surface area contributed by atoms with E-state index in [-0.39, 0.29) is 30.4 Å². The fourth-order valence-electron chi connectivity index (χ4n) is 10.2. The molecule has 456 valence electrons. The molecule has 1 saturated heterocycles. The summed E-state index contributed by atoms with van der Waals surface area (Å²) in [6.07, 6.45) is 13.2. The average molecular weight is 1230 g/mol. The van der Waals surface area contributed by atoms with Gasteiger partial charge in [-0.3, -0.25) is 23.7 Å². The molecule has 0 spiro atoms. The van der Waals surface area contributed by atoms with Crippen LogP contribution in [-0.4, -0.2) is 133 Å². The lowest BCUT2D eigenvalue weighted by atomic mass is 10.2. The van der Waals surface area contributed by atoms with Crippen LogP contribution in [-0.2, 0) is 24.6 Å². The molecule has 1 fully saturated rings. The largest absolute Gasteiger partial charge is 0.384 e. The SMILES string of the molecule is C.CC(C)n1ncc2ccc3cnc(Nc4ccc(NCCN5CCOCC5)cc4)nc3c21.CC(C)n1ncc2ccc3cnc(Nc4cccc(NS(C)(=O)=O)c4)nc3c21.CC(C)n1ncc2ccc3cnc(Nc4cccc(S(C)(=O)=O)c4)nc3c21. The van der Waals surface area contributed by atoms with E-state index in [1.54, 1.807) is 54.9 Å². The van der Waals surface area contributed by atoms with E-state index in [4.69, 9.17) is 14.7 Å². The second kappa shape index (κ2) is 26.3. The molecule has 0 atom stereocenters. The fourth-order valence-corrected chi connectivity index (χ4v) is 11.4. The highest BCUT2D eigenvalue weighted by Gasteiger charge is 2.17. The zero-order valence-corrected chi connectivity index (χ0v) is 51.1. The third-order valence-electron chi connectivity index (χ3n) is 14.3. The summed E-state index contributed by atoms with van der Waals surface area (Å²) >= 11 is 0. The first-order valence-electron chi connectivity index (χ1n) is 28.5. The molecule has 0 amide bonds. The Morgan fingerprint density at radius 1 is 0.477 bits per heavy atom. The first kappa shape index (κ1) is 61.7. The molecule has 12 aromatic rings. The topological polar surface area (TPSA) is 272 Å². The van der Waals surface area contributed by atoms with E-state index < -0.39 is 19.9 Å². The molecule has 25 heteroatoms. The van der Waals surface area contributed by atoms with Crippen molar-refractivity contribution in [3.63, 3.8) is 0 Å². The van der Waals surface area contributed by atoms with Crippen LogP contribution in [0.5, 0.6) is 0 Å². The number of hydrogen-bond acceptors (Lipinski definition) is 19. The standard InChI is InChI=1S/C24H29N7O.C19H20N6O2S.C19H19N5O2S.CH4/c1-17(2)31-23-19(16-27-31)4-3-18-15-26-24(29-22(18)23)28-21-7-5-20(6-8-21)25-9-10-30-11-13-32-14-12-30;1-12(2)25-18-14(11-21-25)8-7-13-10-20-19(23-17(13)18)22-15-5-4-6-16(9-15)24-28(3,26)27;1-12(2)24-18-14(11-21-24)8-7-13-10-20-19(23-17(13)18)22-15-5-4-6-16(9-15)27(3,25)26;/h3-8,15-17,25H,9-14H2,1-2H3,(H,26,28,29);4-12,24H,1-3H3,(H,20,22,23);4-12H,1-3H3,(H,20,22,23);1H4. The summed E-state index contributed by atoms with van der Waals surface area (Å²) in [6.45, 7) is 18.2. The van der Waals surface area contributed by atoms with Gasteiger partial charge in [-0.2, -0.15) is 15.3 Å². The summed E-state index contributed by atoms with van der Waals surface area (Å²) < 4.78 is 60.2. The molecule has 0 saturated carbocycles. The monoisotopic (exact) mass is 1220 g/mol. The first-order chi connectivity index (χ1) is 41.8. The van der Waals surface area contributed by atoms with Gasteiger partial charge in [0, 0.05) is 124 Å². The maximum Gasteiger partial charge on any atom is 0.229 e. The minimum Gasteiger partial charge on any atom is -0.384 e. The Morgan fingerprint density at radius 3 is 1.31 bits per heavy atom. The van der Waals surface area contributed by atoms with Gasteiger partial charge in [0.2, 0.25) is 27.9 Å². The molecular weight excluding hydrogens is 1150 g/mol. The second-order valence-electron chi connectivity index (χ2n) is 22.0. The Hall–Kier alpha value is -9.43. The lowest BCUT2D eigenvalue weighted by Gasteiger charge is -2.26. The van der Waals surface area contributed by atoms with Crippen LogP contribution in [0.1, 0.15) is 67.1 Å². The molecule has 88 heavy (non-hydrogen) atoms. The molecule has 13 rings (SSSR count). The number of sulfonamides is 1. The minimum absolute atomic E-state index is 0. The predicted molar refractivity (Wildman–Crippen MR) is 353 cm³/mol. The van der Waals surface area contributed by atoms with Crippen molar-refractivity contribution in [2.45, 2.75) is 72.0 Å². The van der Waals surface area contributed by atoms with Gasteiger partial charge in [-0.05, 0) is 102 Å². The van der Waals surface area contributed by atoms with Crippen LogP contribution in [0, 0.1) is 0 Å². The number of sulfone groups is 1. The van der Waals surface area contributed by atoms with E-state index in [2.05, 4.69) is 126 Å². The van der Waals surface area contributed by atoms with Crippen LogP contribution in [0.25, 0.3) is 65.4 Å². The molecule has 1 aliphatic heterocycles. The fraction of sp³-hybridized carbons (Fsp3) is 0.286. The quantitative estimate of drug-likeness (QED) is 0.0601. The minimum atomic E-state index is -3.35. The van der Waals surface area contributed by atoms with Crippen molar-refractivity contribution in [2.24, 2.45) is 0 Å². The van der Waals surface area contributed by atoms with E-state index in [9.17, 15) is 16.8 Å². The lowest BCUT2D eigenvalue weighted by molar-refractivity contribution is 0.0398. The molecule has 5 N–H and O–H groups in total. The second-order valence-corrected chi connectivity index (χ2v) is 25.8. The molecule has 0 unspecified atom stereocenters. The van der Waals surface area contributed by atoms with E-state index in [0.717, 1.165) is 122 Å². The van der Waals surface area contributed by atoms with Gasteiger partial charge < -0.3 is 26.0 Å². The van der Waals surface area contributed by atoms with Crippen LogP contribution in [0.15, 0.2) is 151 Å². The molecule has 0 bridgehead atoms. The van der Waals surface area contributed by atoms with Crippen molar-refractivity contribution in [3.8, 4) is 0 Å². The van der Waals surface area contributed by atoms with Crippen molar-refractivity contribution < 1.29 is 21.6 Å². The number of nitrogens with one attached hydrogen (secondary N) is 5. The number of rotatable bonds is 16. The predicted octanol–water partition coefficient (Wildman–Crippen LogP) is 12.1. The van der Waals surface area contributed by atoms with Crippen LogP contribution >= 0.6 is 0 Å². The number of fused-ring (bicyclic) bond motifs is 9. The van der Waals surface area contributed by atoms with Gasteiger partial charge in [0.25, 0.3) is 0 Å². The zero-order chi connectivity index (χ0) is 61.0. The Kier molecular flexibility index (Phi) is 18.4. The number of ether oxygens (including phenoxy) is 1. The Morgan fingerprint density at radius 2 is 0.875 bits per heavy atom. The van der Waals surface area contributed by atoms with Gasteiger partial charge in [-0.1, -0.05) is 56.0 Å². The number of anilines is 8. The van der Waals surface area contributed by atoms with Gasteiger partial charge in [0.15, 0.2) is 9.84 Å². The van der Waals surface area contributed by atoms with Crippen LogP contribution < -0.4 is 26.0 Å². The summed E-state index contributed by atoms with van der Waals surface area (Å²) in [4.78, 5) is 30.1. The maximum atomic E-state index is 11.8. The van der Waals surface area contributed by atoms with Crippen LogP contribution in [0.2, 0.25) is 0 Å². The molecule has 0 aliphatic carbocycles. The van der Waals surface area contributed by atoms with Gasteiger partial charge in [0.05, 0.1) is 65.2 Å². The Balaban J connectivity index is 0.000000146. The summed E-state index contributed by atoms with van der Waals surface area (Å²) in [7, 11) is -6.63. The van der Waals surface area contributed by atoms with Gasteiger partial charge in [-0.25, -0.2) is 46.7 Å². The maximum absolute atomic E-state index is 11.8. The molecule has 1 aliphatic rings. The number of aromatic nitrogens is 12. The first-order valence-corrected chi connectivity index (χ1v) is 32.3. The molecule has 6 aromatic carbocycles. The summed E-state index contributed by atoms with van der Waals surface area (Å²) in [5.41, 5.74) is 9.30. The number of nitrogens with zero attached hydrogens (tertiary/aromatic N) is 13. The number of morpholine rings is 1. The Labute approximate surface area is 511 Å². The summed E-state index contributed by atoms with van der Waals surface area (Å²) in [5.74, 6) is 1.40. The normalized spacial score (nSPS) is 13.0. The van der Waals surface area contributed by atoms with Crippen molar-refractivity contribution in [2.75, 3.05) is 77.9 Å². The molecule has 6 aromatic heterocycles. The third kappa shape index (κ3) is 14.3. The third-order valence-corrected chi connectivity index (χ3v) is 16.0. The molecular formula is C63H72N18O5S2. The highest BCUT2D eigenvalue weighted by molar-refractivity contribution is 7.92. The van der Waals surface area contributed by atoms with E-state index in [1.165, 1.54) is 6.26 Å². The van der Waals surface area contributed by atoms with Crippen molar-refractivity contribution in [3.05, 3.63) is 146 Å². The van der Waals surface area contributed by atoms with Gasteiger partial charge in [0.1, 0.15) is 16.6 Å². The number of benzene rings is 6. The smallest absolute Gasteiger partial charge is 0.229 e. The van der Waals surface area contributed by atoms with E-state index >= 15 is 0 Å². The zero-order valence-electron chi connectivity index (χ0n) is 49.5. The summed E-state index contributed by atoms with van der Waals surface area (Å²) in [6, 6.07) is 34.5. The van der Waals surface area contributed by atoms with Crippen molar-refractivity contribution in [1.29, 1.82) is 0 Å². The van der Waals surface area contributed by atoms with Crippen molar-refractivity contribution in [1.82, 2.24) is 64.1 Å². The van der Waals surface area contributed by atoms with E-state index in [1.807, 2.05) is 87.4 Å². The Bertz CT molecular complexity index is 4680. The van der Waals surface area contributed by atoms with E-state index in [0.29, 0.717) is 34.9 Å². The van der Waals surface area contributed by atoms with Crippen LogP contribution in [0.4, 0.5) is 46.3 Å². The lowest BCUT2D eigenvalue weighted by Crippen LogP contribution is -2.38. The number of hydrogen-bond donors (Lipinski definition) is 5. The average Bonchev–Trinajstić information content (AvgIpc) is 1.71. The molecule has 0 radical (unpaired) electrons. The van der Waals surface area contributed by atoms with Gasteiger partial charge >= 0.3 is 0 Å². The van der Waals surface area contributed by atoms with Gasteiger partial charge in [-0.15, -0.1) is 0 Å². The highest BCUT2D eigenvalue weighted by Crippen LogP contribution is 2.31.